The van der Waals surface area contributed by atoms with Gasteiger partial charge in [0.1, 0.15) is 11.5 Å². The fourth-order valence-corrected chi connectivity index (χ4v) is 3.02. The third kappa shape index (κ3) is 3.03. The average Bonchev–Trinajstić information content (AvgIpc) is 3.23. The minimum atomic E-state index is -0.680. The predicted molar refractivity (Wildman–Crippen MR) is 89.9 cm³/mol. The van der Waals surface area contributed by atoms with Crippen molar-refractivity contribution < 1.29 is 23.8 Å². The number of ether oxygens (including phenoxy) is 1. The molecule has 1 amide bonds. The molecule has 1 aromatic carbocycles. The van der Waals surface area contributed by atoms with Crippen molar-refractivity contribution in [3.63, 3.8) is 0 Å². The maximum atomic E-state index is 12.6. The minimum Gasteiger partial charge on any atom is -0.503 e. The van der Waals surface area contributed by atoms with Crippen LogP contribution in [0.3, 0.4) is 0 Å². The van der Waals surface area contributed by atoms with Crippen LogP contribution in [0.5, 0.6) is 5.75 Å². The van der Waals surface area contributed by atoms with Crippen molar-refractivity contribution in [3.05, 3.63) is 65.3 Å². The van der Waals surface area contributed by atoms with E-state index in [-0.39, 0.29) is 24.3 Å². The van der Waals surface area contributed by atoms with Crippen LogP contribution in [0.2, 0.25) is 0 Å². The van der Waals surface area contributed by atoms with E-state index in [0.717, 1.165) is 0 Å². The highest BCUT2D eigenvalue weighted by atomic mass is 16.5. The van der Waals surface area contributed by atoms with Crippen LogP contribution in [0, 0.1) is 0 Å². The summed E-state index contributed by atoms with van der Waals surface area (Å²) in [5, 5.41) is 10.3. The number of benzene rings is 1. The number of carbonyl (C=O) groups excluding carboxylic acids is 2. The van der Waals surface area contributed by atoms with E-state index in [2.05, 4.69) is 0 Å². The number of aliphatic hydroxyl groups is 1. The summed E-state index contributed by atoms with van der Waals surface area (Å²) in [5.41, 5.74) is 0.812. The number of hydrogen-bond acceptors (Lipinski definition) is 5. The maximum absolute atomic E-state index is 12.6. The van der Waals surface area contributed by atoms with Crippen LogP contribution in [-0.2, 0) is 16.1 Å². The number of ketones is 1. The second kappa shape index (κ2) is 6.84. The largest absolute Gasteiger partial charge is 0.503 e. The van der Waals surface area contributed by atoms with Crippen molar-refractivity contribution in [2.45, 2.75) is 25.9 Å². The Bertz CT molecular complexity index is 822. The van der Waals surface area contributed by atoms with Crippen molar-refractivity contribution in [2.75, 3.05) is 7.11 Å². The highest BCUT2D eigenvalue weighted by Crippen LogP contribution is 2.40. The molecule has 1 aliphatic rings. The zero-order valence-electron chi connectivity index (χ0n) is 14.1. The van der Waals surface area contributed by atoms with Gasteiger partial charge in [0.05, 0.1) is 31.5 Å². The Labute approximate surface area is 145 Å². The van der Waals surface area contributed by atoms with Crippen LogP contribution in [0.25, 0.3) is 0 Å². The summed E-state index contributed by atoms with van der Waals surface area (Å²) in [5.74, 6) is -0.162. The Hall–Kier alpha value is -3.02. The fraction of sp³-hybridized carbons (Fsp3) is 0.263. The molecule has 0 saturated heterocycles. The first-order chi connectivity index (χ1) is 12.1. The van der Waals surface area contributed by atoms with Crippen LogP contribution in [0.1, 0.15) is 30.7 Å². The van der Waals surface area contributed by atoms with Gasteiger partial charge in [-0.15, -0.1) is 0 Å². The summed E-state index contributed by atoms with van der Waals surface area (Å²) < 4.78 is 10.6. The summed E-state index contributed by atoms with van der Waals surface area (Å²) in [6, 6.07) is 9.91. The Morgan fingerprint density at radius 1 is 1.32 bits per heavy atom. The van der Waals surface area contributed by atoms with Gasteiger partial charge in [0.15, 0.2) is 11.5 Å². The third-order valence-corrected chi connectivity index (χ3v) is 4.24. The van der Waals surface area contributed by atoms with Crippen molar-refractivity contribution in [1.29, 1.82) is 0 Å². The van der Waals surface area contributed by atoms with Crippen LogP contribution < -0.4 is 4.74 Å². The molecular weight excluding hydrogens is 322 g/mol. The highest BCUT2D eigenvalue weighted by Gasteiger charge is 2.43. The number of hydrogen-bond donors (Lipinski definition) is 1. The van der Waals surface area contributed by atoms with E-state index < -0.39 is 17.7 Å². The lowest BCUT2D eigenvalue weighted by molar-refractivity contribution is -0.130. The number of amides is 1. The molecule has 0 spiro atoms. The Morgan fingerprint density at radius 2 is 2.12 bits per heavy atom. The van der Waals surface area contributed by atoms with E-state index in [9.17, 15) is 14.7 Å². The van der Waals surface area contributed by atoms with Crippen molar-refractivity contribution in [1.82, 2.24) is 4.90 Å². The molecule has 1 N–H and O–H groups in total. The van der Waals surface area contributed by atoms with Crippen molar-refractivity contribution >= 4 is 11.7 Å². The summed E-state index contributed by atoms with van der Waals surface area (Å²) in [6.07, 6.45) is 1.71. The number of methoxy groups -OCH3 is 1. The van der Waals surface area contributed by atoms with Crippen molar-refractivity contribution in [3.8, 4) is 5.75 Å². The van der Waals surface area contributed by atoms with Crippen LogP contribution in [0.15, 0.2) is 58.4 Å². The summed E-state index contributed by atoms with van der Waals surface area (Å²) in [6.45, 7) is 1.85. The maximum Gasteiger partial charge on any atom is 0.290 e. The number of nitrogens with zero attached hydrogens (tertiary/aromatic N) is 1. The topological polar surface area (TPSA) is 80.0 Å². The average molecular weight is 341 g/mol. The van der Waals surface area contributed by atoms with E-state index >= 15 is 0 Å². The SMILES string of the molecule is CCC(=O)C1=C(O)C(=O)N(Cc2ccco2)C1c1cccc(OC)c1. The summed E-state index contributed by atoms with van der Waals surface area (Å²) >= 11 is 0. The summed E-state index contributed by atoms with van der Waals surface area (Å²) in [4.78, 5) is 26.4. The fourth-order valence-electron chi connectivity index (χ4n) is 3.02. The van der Waals surface area contributed by atoms with Crippen LogP contribution in [-0.4, -0.2) is 28.8 Å². The summed E-state index contributed by atoms with van der Waals surface area (Å²) in [7, 11) is 1.55. The molecule has 130 valence electrons. The van der Waals surface area contributed by atoms with Gasteiger partial charge >= 0.3 is 0 Å². The molecule has 6 nitrogen and oxygen atoms in total. The Kier molecular flexibility index (Phi) is 4.61. The van der Waals surface area contributed by atoms with Gasteiger partial charge in [-0.3, -0.25) is 9.59 Å². The van der Waals surface area contributed by atoms with E-state index in [1.807, 2.05) is 0 Å². The first-order valence-corrected chi connectivity index (χ1v) is 8.00. The molecule has 2 heterocycles. The second-order valence-electron chi connectivity index (χ2n) is 5.73. The minimum absolute atomic E-state index is 0.118. The Balaban J connectivity index is 2.07. The smallest absolute Gasteiger partial charge is 0.290 e. The van der Waals surface area contributed by atoms with Gasteiger partial charge in [-0.05, 0) is 29.8 Å². The molecular formula is C19H19NO5. The molecule has 1 atom stereocenters. The monoisotopic (exact) mass is 341 g/mol. The molecule has 0 saturated carbocycles. The second-order valence-corrected chi connectivity index (χ2v) is 5.73. The van der Waals surface area contributed by atoms with Gasteiger partial charge in [0, 0.05) is 6.42 Å². The molecule has 1 aromatic heterocycles. The molecule has 0 aliphatic carbocycles. The number of carbonyl (C=O) groups is 2. The third-order valence-electron chi connectivity index (χ3n) is 4.24. The zero-order valence-corrected chi connectivity index (χ0v) is 14.1. The Morgan fingerprint density at radius 3 is 2.76 bits per heavy atom. The quantitative estimate of drug-likeness (QED) is 0.873. The molecule has 1 aliphatic heterocycles. The molecule has 25 heavy (non-hydrogen) atoms. The highest BCUT2D eigenvalue weighted by molar-refractivity contribution is 6.08. The number of aliphatic hydroxyl groups excluding tert-OH is 1. The van der Waals surface area contributed by atoms with Gasteiger partial charge in [-0.1, -0.05) is 19.1 Å². The predicted octanol–water partition coefficient (Wildman–Crippen LogP) is 3.16. The molecule has 0 radical (unpaired) electrons. The molecule has 1 unspecified atom stereocenters. The number of furan rings is 1. The number of rotatable bonds is 6. The van der Waals surface area contributed by atoms with Crippen LogP contribution in [0.4, 0.5) is 0 Å². The first-order valence-electron chi connectivity index (χ1n) is 8.00. The lowest BCUT2D eigenvalue weighted by Gasteiger charge is -2.26. The van der Waals surface area contributed by atoms with Gasteiger partial charge < -0.3 is 19.2 Å². The van der Waals surface area contributed by atoms with Crippen LogP contribution >= 0.6 is 0 Å². The van der Waals surface area contributed by atoms with E-state index in [0.29, 0.717) is 17.1 Å². The standard InChI is InChI=1S/C19H19NO5/c1-3-15(21)16-17(12-6-4-7-13(10-12)24-2)20(19(23)18(16)22)11-14-8-5-9-25-14/h4-10,17,22H,3,11H2,1-2H3. The number of Topliss-reactive ketones (excluding diaryl/α,β-unsaturated/α-hetero) is 1. The lowest BCUT2D eigenvalue weighted by Crippen LogP contribution is -2.30. The van der Waals surface area contributed by atoms with E-state index in [1.54, 1.807) is 50.4 Å². The molecule has 0 bridgehead atoms. The van der Waals surface area contributed by atoms with Gasteiger partial charge in [0.25, 0.3) is 5.91 Å². The van der Waals surface area contributed by atoms with Crippen molar-refractivity contribution in [2.24, 2.45) is 0 Å². The van der Waals surface area contributed by atoms with Gasteiger partial charge in [0.2, 0.25) is 0 Å². The molecule has 6 heteroatoms. The zero-order chi connectivity index (χ0) is 18.0. The van der Waals surface area contributed by atoms with Gasteiger partial charge in [-0.2, -0.15) is 0 Å². The molecule has 0 fully saturated rings. The normalized spacial score (nSPS) is 17.3. The van der Waals surface area contributed by atoms with Gasteiger partial charge in [-0.25, -0.2) is 0 Å². The van der Waals surface area contributed by atoms with E-state index in [4.69, 9.17) is 9.15 Å². The molecule has 2 aromatic rings. The first kappa shape index (κ1) is 16.8. The molecule has 3 rings (SSSR count). The lowest BCUT2D eigenvalue weighted by atomic mass is 9.95. The van der Waals surface area contributed by atoms with E-state index in [1.165, 1.54) is 11.2 Å².